The van der Waals surface area contributed by atoms with E-state index in [9.17, 15) is 4.79 Å². The summed E-state index contributed by atoms with van der Waals surface area (Å²) in [5.74, 6) is 0.178. The number of aromatic nitrogens is 7. The van der Waals surface area contributed by atoms with E-state index in [1.54, 1.807) is 23.4 Å². The molecule has 0 bridgehead atoms. The van der Waals surface area contributed by atoms with Gasteiger partial charge in [0.15, 0.2) is 0 Å². The number of hydrogen-bond donors (Lipinski definition) is 0. The van der Waals surface area contributed by atoms with Crippen LogP contribution in [0, 0.1) is 0 Å². The fourth-order valence-electron chi connectivity index (χ4n) is 4.02. The molecule has 9 nitrogen and oxygen atoms in total. The second kappa shape index (κ2) is 8.39. The molecule has 1 aromatic carbocycles. The lowest BCUT2D eigenvalue weighted by atomic mass is 9.90. The quantitative estimate of drug-likeness (QED) is 0.507. The van der Waals surface area contributed by atoms with Crippen LogP contribution in [0.4, 0.5) is 0 Å². The Morgan fingerprint density at radius 2 is 1.87 bits per heavy atom. The molecule has 31 heavy (non-hydrogen) atoms. The first kappa shape index (κ1) is 19.0. The van der Waals surface area contributed by atoms with Gasteiger partial charge >= 0.3 is 0 Å². The first-order valence-corrected chi connectivity index (χ1v) is 10.1. The van der Waals surface area contributed by atoms with E-state index in [1.807, 2.05) is 47.5 Å². The van der Waals surface area contributed by atoms with Crippen LogP contribution in [0.1, 0.15) is 34.8 Å². The van der Waals surface area contributed by atoms with Crippen LogP contribution in [0.5, 0.6) is 0 Å². The lowest BCUT2D eigenvalue weighted by Crippen LogP contribution is -2.39. The Morgan fingerprint density at radius 1 is 1.03 bits per heavy atom. The molecular weight excluding hydrogens is 392 g/mol. The Hall–Kier alpha value is -4.01. The highest BCUT2D eigenvalue weighted by molar-refractivity contribution is 5.94. The van der Waals surface area contributed by atoms with Gasteiger partial charge in [-0.3, -0.25) is 9.78 Å². The van der Waals surface area contributed by atoms with Crippen LogP contribution < -0.4 is 0 Å². The number of pyridine rings is 1. The summed E-state index contributed by atoms with van der Waals surface area (Å²) in [6.45, 7) is 1.36. The molecule has 154 valence electrons. The molecule has 3 aromatic heterocycles. The highest BCUT2D eigenvalue weighted by Gasteiger charge is 2.28. The van der Waals surface area contributed by atoms with Gasteiger partial charge < -0.3 is 4.90 Å². The topological polar surface area (TPSA) is 103 Å². The van der Waals surface area contributed by atoms with Crippen LogP contribution in [0.25, 0.3) is 16.8 Å². The average molecular weight is 412 g/mol. The van der Waals surface area contributed by atoms with Crippen LogP contribution in [-0.2, 0) is 0 Å². The van der Waals surface area contributed by atoms with Gasteiger partial charge in [-0.2, -0.15) is 0 Å². The van der Waals surface area contributed by atoms with E-state index >= 15 is 0 Å². The van der Waals surface area contributed by atoms with E-state index in [4.69, 9.17) is 0 Å². The highest BCUT2D eigenvalue weighted by atomic mass is 16.2. The minimum absolute atomic E-state index is 0.0208. The number of carbonyl (C=O) groups excluding carboxylic acids is 1. The zero-order valence-corrected chi connectivity index (χ0v) is 16.7. The highest BCUT2D eigenvalue weighted by Crippen LogP contribution is 2.32. The summed E-state index contributed by atoms with van der Waals surface area (Å²) in [5.41, 5.74) is 4.46. The Kier molecular flexibility index (Phi) is 5.14. The van der Waals surface area contributed by atoms with Crippen molar-refractivity contribution in [3.63, 3.8) is 0 Å². The standard InChI is InChI=1S/C22H20N8O/c31-22(17-3-5-19(6-4-17)30-15-26-27-28-30)29-11-1-2-18(13-29)21-20(12-24-14-25-21)16-7-9-23-10-8-16/h3-10,12,14-15,18H,1-2,11,13H2/t18-/m1/s1. The molecule has 0 spiro atoms. The molecule has 4 heterocycles. The largest absolute Gasteiger partial charge is 0.338 e. The maximum absolute atomic E-state index is 13.2. The molecule has 4 aromatic rings. The summed E-state index contributed by atoms with van der Waals surface area (Å²) < 4.78 is 1.56. The molecule has 1 aliphatic heterocycles. The van der Waals surface area contributed by atoms with Gasteiger partial charge in [-0.15, -0.1) is 5.10 Å². The fraction of sp³-hybridized carbons (Fsp3) is 0.227. The first-order chi connectivity index (χ1) is 15.3. The molecule has 0 radical (unpaired) electrons. The van der Waals surface area contributed by atoms with E-state index in [0.717, 1.165) is 41.9 Å². The summed E-state index contributed by atoms with van der Waals surface area (Å²) in [6.07, 6.45) is 10.4. The van der Waals surface area contributed by atoms with Crippen LogP contribution >= 0.6 is 0 Å². The molecule has 1 fully saturated rings. The van der Waals surface area contributed by atoms with Gasteiger partial charge in [0.2, 0.25) is 0 Å². The normalized spacial score (nSPS) is 16.3. The van der Waals surface area contributed by atoms with E-state index in [2.05, 4.69) is 30.5 Å². The molecule has 0 N–H and O–H groups in total. The van der Waals surface area contributed by atoms with Crippen LogP contribution in [0.15, 0.2) is 67.6 Å². The van der Waals surface area contributed by atoms with Gasteiger partial charge in [0, 0.05) is 48.7 Å². The van der Waals surface area contributed by atoms with E-state index < -0.39 is 0 Å². The van der Waals surface area contributed by atoms with E-state index in [-0.39, 0.29) is 11.8 Å². The van der Waals surface area contributed by atoms with Crippen molar-refractivity contribution in [3.8, 4) is 16.8 Å². The molecule has 1 aliphatic rings. The fourth-order valence-corrected chi connectivity index (χ4v) is 4.02. The molecule has 1 saturated heterocycles. The summed E-state index contributed by atoms with van der Waals surface area (Å²) in [5, 5.41) is 11.1. The third kappa shape index (κ3) is 3.89. The van der Waals surface area contributed by atoms with Crippen LogP contribution in [-0.4, -0.2) is 59.1 Å². The second-order valence-electron chi connectivity index (χ2n) is 7.45. The average Bonchev–Trinajstić information content (AvgIpc) is 3.39. The molecule has 9 heteroatoms. The lowest BCUT2D eigenvalue weighted by molar-refractivity contribution is 0.0706. The maximum atomic E-state index is 13.2. The van der Waals surface area contributed by atoms with E-state index in [0.29, 0.717) is 12.1 Å². The lowest BCUT2D eigenvalue weighted by Gasteiger charge is -2.33. The zero-order valence-electron chi connectivity index (χ0n) is 16.7. The molecule has 0 aliphatic carbocycles. The SMILES string of the molecule is O=C(c1ccc(-n2cnnn2)cc1)N1CCC[C@@H](c2ncncc2-c2ccncc2)C1. The Bertz CT molecular complexity index is 1160. The van der Waals surface area contributed by atoms with Crippen molar-refractivity contribution < 1.29 is 4.79 Å². The summed E-state index contributed by atoms with van der Waals surface area (Å²) in [4.78, 5) is 28.0. The third-order valence-electron chi connectivity index (χ3n) is 5.56. The van der Waals surface area contributed by atoms with Crippen molar-refractivity contribution in [2.75, 3.05) is 13.1 Å². The first-order valence-electron chi connectivity index (χ1n) is 10.1. The van der Waals surface area contributed by atoms with Crippen molar-refractivity contribution >= 4 is 5.91 Å². The minimum atomic E-state index is 0.0208. The number of hydrogen-bond acceptors (Lipinski definition) is 7. The van der Waals surface area contributed by atoms with Gasteiger partial charge in [0.1, 0.15) is 12.7 Å². The van der Waals surface area contributed by atoms with Crippen molar-refractivity contribution in [1.29, 1.82) is 0 Å². The smallest absolute Gasteiger partial charge is 0.253 e. The van der Waals surface area contributed by atoms with Gasteiger partial charge in [0.05, 0.1) is 11.4 Å². The predicted molar refractivity (Wildman–Crippen MR) is 112 cm³/mol. The van der Waals surface area contributed by atoms with Gasteiger partial charge in [-0.25, -0.2) is 14.6 Å². The van der Waals surface area contributed by atoms with Gasteiger partial charge in [-0.05, 0) is 65.2 Å². The molecule has 0 saturated carbocycles. The third-order valence-corrected chi connectivity index (χ3v) is 5.56. The van der Waals surface area contributed by atoms with Crippen molar-refractivity contribution in [1.82, 2.24) is 40.1 Å². The predicted octanol–water partition coefficient (Wildman–Crippen LogP) is 2.53. The zero-order chi connectivity index (χ0) is 21.0. The number of benzene rings is 1. The van der Waals surface area contributed by atoms with Crippen molar-refractivity contribution in [2.24, 2.45) is 0 Å². The van der Waals surface area contributed by atoms with Gasteiger partial charge in [0.25, 0.3) is 5.91 Å². The number of carbonyl (C=O) groups is 1. The monoisotopic (exact) mass is 412 g/mol. The Balaban J connectivity index is 1.36. The molecule has 1 atom stereocenters. The minimum Gasteiger partial charge on any atom is -0.338 e. The Labute approximate surface area is 178 Å². The molecule has 5 rings (SSSR count). The number of amides is 1. The second-order valence-corrected chi connectivity index (χ2v) is 7.45. The number of rotatable bonds is 4. The number of likely N-dealkylation sites (tertiary alicyclic amines) is 1. The molecular formula is C22H20N8O. The Morgan fingerprint density at radius 3 is 2.65 bits per heavy atom. The number of nitrogens with zero attached hydrogens (tertiary/aromatic N) is 8. The van der Waals surface area contributed by atoms with Gasteiger partial charge in [-0.1, -0.05) is 0 Å². The van der Waals surface area contributed by atoms with E-state index in [1.165, 1.54) is 6.33 Å². The van der Waals surface area contributed by atoms with Crippen molar-refractivity contribution in [3.05, 3.63) is 78.9 Å². The number of piperidine rings is 1. The van der Waals surface area contributed by atoms with Crippen LogP contribution in [0.2, 0.25) is 0 Å². The molecule has 0 unspecified atom stereocenters. The van der Waals surface area contributed by atoms with Crippen molar-refractivity contribution in [2.45, 2.75) is 18.8 Å². The maximum Gasteiger partial charge on any atom is 0.253 e. The van der Waals surface area contributed by atoms with Crippen LogP contribution in [0.3, 0.4) is 0 Å². The molecule has 1 amide bonds. The summed E-state index contributed by atoms with van der Waals surface area (Å²) in [7, 11) is 0. The summed E-state index contributed by atoms with van der Waals surface area (Å²) in [6, 6.07) is 11.2. The number of tetrazole rings is 1. The summed E-state index contributed by atoms with van der Waals surface area (Å²) >= 11 is 0.